The third-order valence-electron chi connectivity index (χ3n) is 2.14. The van der Waals surface area contributed by atoms with Crippen LogP contribution in [-0.4, -0.2) is 30.4 Å². The zero-order chi connectivity index (χ0) is 13.2. The van der Waals surface area contributed by atoms with Gasteiger partial charge in [-0.2, -0.15) is 0 Å². The van der Waals surface area contributed by atoms with Crippen LogP contribution in [-0.2, 0) is 20.9 Å². The quantitative estimate of drug-likeness (QED) is 0.591. The number of carbonyl (C=O) groups is 1. The van der Waals surface area contributed by atoms with Crippen LogP contribution in [0.15, 0.2) is 42.5 Å². The number of esters is 1. The summed E-state index contributed by atoms with van der Waals surface area (Å²) in [4.78, 5) is 10.5. The summed E-state index contributed by atoms with van der Waals surface area (Å²) in [6, 6.07) is 9.74. The van der Waals surface area contributed by atoms with E-state index in [1.165, 1.54) is 6.92 Å². The Hall–Kier alpha value is -1.65. The summed E-state index contributed by atoms with van der Waals surface area (Å²) in [7, 11) is 0. The molecule has 0 fully saturated rings. The molecule has 0 radical (unpaired) electrons. The van der Waals surface area contributed by atoms with E-state index in [1.807, 2.05) is 30.3 Å². The molecule has 18 heavy (non-hydrogen) atoms. The van der Waals surface area contributed by atoms with Gasteiger partial charge >= 0.3 is 5.97 Å². The second kappa shape index (κ2) is 8.44. The van der Waals surface area contributed by atoms with E-state index in [0.717, 1.165) is 5.56 Å². The smallest absolute Gasteiger partial charge is 0.302 e. The van der Waals surface area contributed by atoms with Crippen LogP contribution in [0.5, 0.6) is 0 Å². The summed E-state index contributed by atoms with van der Waals surface area (Å²) in [5.74, 6) is -0.338. The minimum atomic E-state index is -0.690. The van der Waals surface area contributed by atoms with Crippen LogP contribution in [0.3, 0.4) is 0 Å². The molecule has 4 nitrogen and oxygen atoms in total. The van der Waals surface area contributed by atoms with Gasteiger partial charge in [-0.25, -0.2) is 0 Å². The minimum Gasteiger partial charge on any atom is -0.462 e. The van der Waals surface area contributed by atoms with E-state index in [2.05, 4.69) is 4.74 Å². The maximum Gasteiger partial charge on any atom is 0.302 e. The number of aliphatic hydroxyl groups excluding tert-OH is 1. The van der Waals surface area contributed by atoms with Crippen LogP contribution in [0.1, 0.15) is 12.5 Å². The zero-order valence-corrected chi connectivity index (χ0v) is 10.4. The van der Waals surface area contributed by atoms with Crippen molar-refractivity contribution < 1.29 is 19.4 Å². The van der Waals surface area contributed by atoms with E-state index in [0.29, 0.717) is 6.61 Å². The van der Waals surface area contributed by atoms with E-state index >= 15 is 0 Å². The van der Waals surface area contributed by atoms with Gasteiger partial charge in [0.25, 0.3) is 0 Å². The Balaban J connectivity index is 2.13. The topological polar surface area (TPSA) is 55.8 Å². The fraction of sp³-hybridized carbons (Fsp3) is 0.357. The van der Waals surface area contributed by atoms with Gasteiger partial charge in [-0.3, -0.25) is 4.79 Å². The maximum absolute atomic E-state index is 10.5. The summed E-state index contributed by atoms with van der Waals surface area (Å²) in [6.45, 7) is 2.19. The second-order valence-electron chi connectivity index (χ2n) is 3.80. The monoisotopic (exact) mass is 250 g/mol. The lowest BCUT2D eigenvalue weighted by Gasteiger charge is -2.07. The molecule has 4 heteroatoms. The van der Waals surface area contributed by atoms with Gasteiger partial charge in [-0.15, -0.1) is 0 Å². The van der Waals surface area contributed by atoms with Crippen LogP contribution in [0.4, 0.5) is 0 Å². The van der Waals surface area contributed by atoms with Gasteiger partial charge in [0.2, 0.25) is 0 Å². The van der Waals surface area contributed by atoms with Crippen molar-refractivity contribution in [1.29, 1.82) is 0 Å². The summed E-state index contributed by atoms with van der Waals surface area (Å²) < 4.78 is 10.0. The summed E-state index contributed by atoms with van der Waals surface area (Å²) in [6.07, 6.45) is 2.45. The highest BCUT2D eigenvalue weighted by atomic mass is 16.5. The third kappa shape index (κ3) is 6.83. The van der Waals surface area contributed by atoms with Crippen LogP contribution in [0.2, 0.25) is 0 Å². The highest BCUT2D eigenvalue weighted by Gasteiger charge is 1.99. The van der Waals surface area contributed by atoms with Crippen molar-refractivity contribution in [3.63, 3.8) is 0 Å². The lowest BCUT2D eigenvalue weighted by molar-refractivity contribution is -0.139. The van der Waals surface area contributed by atoms with Gasteiger partial charge in [-0.1, -0.05) is 36.4 Å². The van der Waals surface area contributed by atoms with E-state index < -0.39 is 6.10 Å². The first-order chi connectivity index (χ1) is 8.68. The standard InChI is InChI=1S/C14H18O4/c1-12(15)18-9-5-8-14(16)11-17-10-13-6-3-2-4-7-13/h2-8,14,16H,9-11H2,1H3/b8-5+. The molecule has 0 aliphatic carbocycles. The number of ether oxygens (including phenoxy) is 2. The molecule has 0 spiro atoms. The van der Waals surface area contributed by atoms with Crippen molar-refractivity contribution in [2.45, 2.75) is 19.6 Å². The van der Waals surface area contributed by atoms with Crippen molar-refractivity contribution in [2.75, 3.05) is 13.2 Å². The van der Waals surface area contributed by atoms with Crippen LogP contribution < -0.4 is 0 Å². The number of rotatable bonds is 7. The molecule has 1 aromatic rings. The maximum atomic E-state index is 10.5. The number of carbonyl (C=O) groups excluding carboxylic acids is 1. The SMILES string of the molecule is CC(=O)OC/C=C/C(O)COCc1ccccc1. The van der Waals surface area contributed by atoms with Gasteiger partial charge < -0.3 is 14.6 Å². The first kappa shape index (κ1) is 14.4. The molecule has 0 saturated carbocycles. The second-order valence-corrected chi connectivity index (χ2v) is 3.80. The molecule has 1 unspecified atom stereocenters. The molecule has 98 valence electrons. The molecule has 0 saturated heterocycles. The Morgan fingerprint density at radius 2 is 2.11 bits per heavy atom. The molecule has 0 bridgehead atoms. The molecule has 0 aliphatic heterocycles. The average Bonchev–Trinajstić information content (AvgIpc) is 2.36. The highest BCUT2D eigenvalue weighted by Crippen LogP contribution is 2.01. The summed E-state index contributed by atoms with van der Waals surface area (Å²) in [5.41, 5.74) is 1.06. The number of hydrogen-bond donors (Lipinski definition) is 1. The van der Waals surface area contributed by atoms with Crippen molar-refractivity contribution in [3.8, 4) is 0 Å². The van der Waals surface area contributed by atoms with Gasteiger partial charge in [0, 0.05) is 6.92 Å². The normalized spacial score (nSPS) is 12.6. The fourth-order valence-electron chi connectivity index (χ4n) is 1.31. The predicted molar refractivity (Wildman–Crippen MR) is 67.9 cm³/mol. The van der Waals surface area contributed by atoms with Gasteiger partial charge in [0.05, 0.1) is 19.3 Å². The van der Waals surface area contributed by atoms with E-state index in [-0.39, 0.29) is 19.2 Å². The summed E-state index contributed by atoms with van der Waals surface area (Å²) in [5, 5.41) is 9.54. The number of hydrogen-bond acceptors (Lipinski definition) is 4. The zero-order valence-electron chi connectivity index (χ0n) is 10.4. The number of benzene rings is 1. The molecule has 1 N–H and O–H groups in total. The van der Waals surface area contributed by atoms with Gasteiger partial charge in [0.15, 0.2) is 0 Å². The summed E-state index contributed by atoms with van der Waals surface area (Å²) >= 11 is 0. The Morgan fingerprint density at radius 3 is 2.78 bits per heavy atom. The Bertz CT molecular complexity index is 373. The first-order valence-corrected chi connectivity index (χ1v) is 5.78. The number of aliphatic hydroxyl groups is 1. The molecule has 0 amide bonds. The van der Waals surface area contributed by atoms with Crippen molar-refractivity contribution in [3.05, 3.63) is 48.0 Å². The third-order valence-corrected chi connectivity index (χ3v) is 2.14. The molecule has 0 heterocycles. The molecular formula is C14H18O4. The first-order valence-electron chi connectivity index (χ1n) is 5.78. The van der Waals surface area contributed by atoms with Crippen LogP contribution in [0.25, 0.3) is 0 Å². The van der Waals surface area contributed by atoms with Gasteiger partial charge in [-0.05, 0) is 11.6 Å². The highest BCUT2D eigenvalue weighted by molar-refractivity contribution is 5.65. The van der Waals surface area contributed by atoms with Crippen molar-refractivity contribution >= 4 is 5.97 Å². The van der Waals surface area contributed by atoms with Crippen molar-refractivity contribution in [1.82, 2.24) is 0 Å². The Kier molecular flexibility index (Phi) is 6.76. The predicted octanol–water partition coefficient (Wildman–Crippen LogP) is 1.68. The fourth-order valence-corrected chi connectivity index (χ4v) is 1.31. The molecular weight excluding hydrogens is 232 g/mol. The molecule has 1 rings (SSSR count). The van der Waals surface area contributed by atoms with E-state index in [9.17, 15) is 9.90 Å². The lowest BCUT2D eigenvalue weighted by Crippen LogP contribution is -2.12. The molecule has 0 aliphatic rings. The van der Waals surface area contributed by atoms with Crippen LogP contribution in [0, 0.1) is 0 Å². The van der Waals surface area contributed by atoms with Crippen LogP contribution >= 0.6 is 0 Å². The Morgan fingerprint density at radius 1 is 1.39 bits per heavy atom. The molecule has 1 aromatic carbocycles. The minimum absolute atomic E-state index is 0.172. The lowest BCUT2D eigenvalue weighted by atomic mass is 10.2. The Labute approximate surface area is 107 Å². The van der Waals surface area contributed by atoms with E-state index in [1.54, 1.807) is 12.2 Å². The van der Waals surface area contributed by atoms with Crippen molar-refractivity contribution in [2.24, 2.45) is 0 Å². The largest absolute Gasteiger partial charge is 0.462 e. The van der Waals surface area contributed by atoms with E-state index in [4.69, 9.17) is 4.74 Å². The average molecular weight is 250 g/mol. The molecule has 1 atom stereocenters. The van der Waals surface area contributed by atoms with Gasteiger partial charge in [0.1, 0.15) is 6.61 Å². The molecule has 0 aromatic heterocycles.